The van der Waals surface area contributed by atoms with Crippen LogP contribution in [0.25, 0.3) is 0 Å². The summed E-state index contributed by atoms with van der Waals surface area (Å²) in [5, 5.41) is 10.8. The van der Waals surface area contributed by atoms with E-state index in [0.717, 1.165) is 40.3 Å². The van der Waals surface area contributed by atoms with Gasteiger partial charge in [0, 0.05) is 29.1 Å². The Morgan fingerprint density at radius 3 is 2.50 bits per heavy atom. The summed E-state index contributed by atoms with van der Waals surface area (Å²) < 4.78 is 1.97. The first kappa shape index (κ1) is 21.3. The van der Waals surface area contributed by atoms with Crippen molar-refractivity contribution in [1.29, 1.82) is 0 Å². The molecule has 0 fully saturated rings. The molecule has 0 aliphatic carbocycles. The van der Waals surface area contributed by atoms with Gasteiger partial charge in [-0.15, -0.1) is 0 Å². The molecule has 0 saturated carbocycles. The number of rotatable bonds is 5. The highest BCUT2D eigenvalue weighted by Crippen LogP contribution is 2.15. The number of aliphatic imine (C=N–C) groups is 1. The normalized spacial score (nSPS) is 11.4. The van der Waals surface area contributed by atoms with Crippen molar-refractivity contribution in [2.45, 2.75) is 47.7 Å². The molecule has 0 aliphatic rings. The van der Waals surface area contributed by atoms with Gasteiger partial charge in [0.15, 0.2) is 0 Å². The van der Waals surface area contributed by atoms with Gasteiger partial charge >= 0.3 is 0 Å². The largest absolute Gasteiger partial charge is 0.326 e. The minimum Gasteiger partial charge on any atom is -0.326 e. The summed E-state index contributed by atoms with van der Waals surface area (Å²) in [7, 11) is 0. The van der Waals surface area contributed by atoms with E-state index in [1.165, 1.54) is 0 Å². The minimum atomic E-state index is -0.190. The molecule has 30 heavy (non-hydrogen) atoms. The van der Waals surface area contributed by atoms with E-state index in [-0.39, 0.29) is 5.91 Å². The molecule has 6 heteroatoms. The van der Waals surface area contributed by atoms with Crippen LogP contribution in [0.4, 0.5) is 5.69 Å². The Labute approximate surface area is 178 Å². The summed E-state index contributed by atoms with van der Waals surface area (Å²) in [6.45, 7) is 11.3. The molecule has 2 aromatic carbocycles. The molecular weight excluding hydrogens is 374 g/mol. The lowest BCUT2D eigenvalue weighted by Gasteiger charge is -2.13. The number of aromatic nitrogens is 2. The Kier molecular flexibility index (Phi) is 6.67. The second-order valence-corrected chi connectivity index (χ2v) is 7.39. The molecule has 6 nitrogen and oxygen atoms in total. The van der Waals surface area contributed by atoms with Gasteiger partial charge in [0.25, 0.3) is 5.91 Å². The van der Waals surface area contributed by atoms with Crippen molar-refractivity contribution in [1.82, 2.24) is 15.1 Å². The third-order valence-corrected chi connectivity index (χ3v) is 5.13. The number of carbonyl (C=O) groups excluding carboxylic acids is 1. The highest BCUT2D eigenvalue weighted by atomic mass is 16.1. The summed E-state index contributed by atoms with van der Waals surface area (Å²) >= 11 is 0. The summed E-state index contributed by atoms with van der Waals surface area (Å²) in [6.07, 6.45) is 0. The number of carbonyl (C=O) groups is 1. The maximum Gasteiger partial charge on any atom is 0.258 e. The van der Waals surface area contributed by atoms with Crippen LogP contribution in [0.2, 0.25) is 0 Å². The van der Waals surface area contributed by atoms with E-state index in [1.807, 2.05) is 80.9 Å². The van der Waals surface area contributed by atoms with Crippen LogP contribution in [0.15, 0.2) is 53.5 Å². The standard InChI is InChI=1S/C24H29N5O/c1-6-29-19(5)22(18(4)28-29)15-25-24(26-20-12-9-10-16(2)14-20)27-23(30)21-13-8-7-11-17(21)3/h7-14H,6,15H2,1-5H3,(H2,25,26,27,30). The van der Waals surface area contributed by atoms with Gasteiger partial charge in [-0.1, -0.05) is 30.3 Å². The van der Waals surface area contributed by atoms with Gasteiger partial charge in [0.2, 0.25) is 5.96 Å². The molecule has 0 atom stereocenters. The maximum atomic E-state index is 12.9. The highest BCUT2D eigenvalue weighted by molar-refractivity contribution is 6.10. The van der Waals surface area contributed by atoms with Gasteiger partial charge in [-0.25, -0.2) is 4.99 Å². The molecule has 0 spiro atoms. The number of amides is 1. The molecule has 1 heterocycles. The van der Waals surface area contributed by atoms with E-state index >= 15 is 0 Å². The van der Waals surface area contributed by atoms with E-state index in [2.05, 4.69) is 22.7 Å². The van der Waals surface area contributed by atoms with Crippen LogP contribution in [0, 0.1) is 27.7 Å². The van der Waals surface area contributed by atoms with Gasteiger partial charge in [0.05, 0.1) is 12.2 Å². The molecule has 156 valence electrons. The zero-order valence-electron chi connectivity index (χ0n) is 18.3. The van der Waals surface area contributed by atoms with Crippen molar-refractivity contribution >= 4 is 17.6 Å². The van der Waals surface area contributed by atoms with Crippen molar-refractivity contribution < 1.29 is 4.79 Å². The van der Waals surface area contributed by atoms with Crippen molar-refractivity contribution in [2.24, 2.45) is 4.99 Å². The number of nitrogens with zero attached hydrogens (tertiary/aromatic N) is 3. The van der Waals surface area contributed by atoms with Crippen molar-refractivity contribution in [3.05, 3.63) is 82.2 Å². The van der Waals surface area contributed by atoms with Crippen LogP contribution < -0.4 is 10.6 Å². The van der Waals surface area contributed by atoms with Crippen LogP contribution in [-0.2, 0) is 13.1 Å². The summed E-state index contributed by atoms with van der Waals surface area (Å²) in [4.78, 5) is 17.6. The summed E-state index contributed by atoms with van der Waals surface area (Å²) in [6, 6.07) is 15.5. The Hall–Kier alpha value is -3.41. The van der Waals surface area contributed by atoms with Gasteiger partial charge in [-0.05, 0) is 63.9 Å². The lowest BCUT2D eigenvalue weighted by Crippen LogP contribution is -2.36. The van der Waals surface area contributed by atoms with Crippen molar-refractivity contribution in [2.75, 3.05) is 5.32 Å². The Morgan fingerprint density at radius 2 is 1.83 bits per heavy atom. The average molecular weight is 404 g/mol. The fourth-order valence-electron chi connectivity index (χ4n) is 3.40. The number of aryl methyl sites for hydroxylation is 4. The van der Waals surface area contributed by atoms with Gasteiger partial charge in [0.1, 0.15) is 0 Å². The number of hydrogen-bond donors (Lipinski definition) is 2. The quantitative estimate of drug-likeness (QED) is 0.485. The molecule has 0 radical (unpaired) electrons. The number of anilines is 1. The van der Waals surface area contributed by atoms with Crippen LogP contribution in [0.5, 0.6) is 0 Å². The lowest BCUT2D eigenvalue weighted by atomic mass is 10.1. The van der Waals surface area contributed by atoms with E-state index < -0.39 is 0 Å². The Bertz CT molecular complexity index is 1080. The first-order valence-electron chi connectivity index (χ1n) is 10.2. The Balaban J connectivity index is 1.89. The summed E-state index contributed by atoms with van der Waals surface area (Å²) in [5.41, 5.74) is 6.67. The topological polar surface area (TPSA) is 71.3 Å². The van der Waals surface area contributed by atoms with Crippen LogP contribution in [0.1, 0.15) is 45.4 Å². The zero-order chi connectivity index (χ0) is 21.7. The number of nitrogens with one attached hydrogen (secondary N) is 2. The SMILES string of the molecule is CCn1nc(C)c(CN=C(NC(=O)c2ccccc2C)Nc2cccc(C)c2)c1C. The van der Waals surface area contributed by atoms with Crippen LogP contribution in [-0.4, -0.2) is 21.6 Å². The van der Waals surface area contributed by atoms with E-state index in [0.29, 0.717) is 18.1 Å². The molecular formula is C24H29N5O. The van der Waals surface area contributed by atoms with E-state index in [4.69, 9.17) is 4.99 Å². The van der Waals surface area contributed by atoms with E-state index in [9.17, 15) is 4.79 Å². The van der Waals surface area contributed by atoms with Crippen molar-refractivity contribution in [3.63, 3.8) is 0 Å². The number of guanidine groups is 1. The first-order chi connectivity index (χ1) is 14.4. The summed E-state index contributed by atoms with van der Waals surface area (Å²) in [5.74, 6) is 0.224. The monoisotopic (exact) mass is 403 g/mol. The second kappa shape index (κ2) is 9.39. The molecule has 3 aromatic rings. The predicted octanol–water partition coefficient (Wildman–Crippen LogP) is 4.53. The third kappa shape index (κ3) is 4.95. The van der Waals surface area contributed by atoms with Gasteiger partial charge in [-0.2, -0.15) is 5.10 Å². The van der Waals surface area contributed by atoms with Gasteiger partial charge < -0.3 is 5.32 Å². The number of hydrogen-bond acceptors (Lipinski definition) is 3. The lowest BCUT2D eigenvalue weighted by molar-refractivity contribution is 0.0976. The third-order valence-electron chi connectivity index (χ3n) is 5.13. The minimum absolute atomic E-state index is 0.190. The van der Waals surface area contributed by atoms with Gasteiger partial charge in [-0.3, -0.25) is 14.8 Å². The molecule has 0 bridgehead atoms. The zero-order valence-corrected chi connectivity index (χ0v) is 18.3. The highest BCUT2D eigenvalue weighted by Gasteiger charge is 2.14. The molecule has 3 rings (SSSR count). The van der Waals surface area contributed by atoms with E-state index in [1.54, 1.807) is 0 Å². The van der Waals surface area contributed by atoms with Crippen LogP contribution >= 0.6 is 0 Å². The smallest absolute Gasteiger partial charge is 0.258 e. The molecule has 1 aromatic heterocycles. The Morgan fingerprint density at radius 1 is 1.07 bits per heavy atom. The molecule has 0 aliphatic heterocycles. The fourth-order valence-corrected chi connectivity index (χ4v) is 3.40. The average Bonchev–Trinajstić information content (AvgIpc) is 2.99. The molecule has 0 saturated heterocycles. The molecule has 1 amide bonds. The maximum absolute atomic E-state index is 12.9. The fraction of sp³-hybridized carbons (Fsp3) is 0.292. The first-order valence-corrected chi connectivity index (χ1v) is 10.2. The molecule has 2 N–H and O–H groups in total. The van der Waals surface area contributed by atoms with Crippen LogP contribution in [0.3, 0.4) is 0 Å². The number of benzene rings is 2. The van der Waals surface area contributed by atoms with Crippen molar-refractivity contribution in [3.8, 4) is 0 Å². The predicted molar refractivity (Wildman–Crippen MR) is 122 cm³/mol. The second-order valence-electron chi connectivity index (χ2n) is 7.39. The molecule has 0 unspecified atom stereocenters.